The number of likely N-dealkylation sites (tertiary alicyclic amines) is 1. The summed E-state index contributed by atoms with van der Waals surface area (Å²) in [4.78, 5) is 18.6. The van der Waals surface area contributed by atoms with E-state index in [1.165, 1.54) is 6.07 Å². The summed E-state index contributed by atoms with van der Waals surface area (Å²) in [6.45, 7) is 0. The lowest BCUT2D eigenvalue weighted by Gasteiger charge is -2.13. The first-order valence-electron chi connectivity index (χ1n) is 7.89. The number of aromatic nitrogens is 1. The zero-order valence-electron chi connectivity index (χ0n) is 13.0. The third-order valence-corrected chi connectivity index (χ3v) is 4.92. The summed E-state index contributed by atoms with van der Waals surface area (Å²) in [5, 5.41) is 0.962. The first kappa shape index (κ1) is 13.5. The van der Waals surface area contributed by atoms with Gasteiger partial charge >= 0.3 is 0 Å². The standard InChI is InChI=1S/C19H14FN3O/c1-22-18(24)10-13-17-8-11-6-7-12(20)9-16(11)23(17)15-5-3-2-4-14(15)21-19(13)22/h2-9,13H,10H2,1H3. The van der Waals surface area contributed by atoms with Crippen molar-refractivity contribution in [3.8, 4) is 5.69 Å². The fourth-order valence-corrected chi connectivity index (χ4v) is 3.75. The molecular weight excluding hydrogens is 305 g/mol. The van der Waals surface area contributed by atoms with Crippen molar-refractivity contribution in [2.75, 3.05) is 7.05 Å². The van der Waals surface area contributed by atoms with Gasteiger partial charge in [0.25, 0.3) is 0 Å². The first-order valence-corrected chi connectivity index (χ1v) is 7.89. The highest BCUT2D eigenvalue weighted by Gasteiger charge is 2.39. The highest BCUT2D eigenvalue weighted by atomic mass is 19.1. The smallest absolute Gasteiger partial charge is 0.228 e. The van der Waals surface area contributed by atoms with Crippen LogP contribution in [0.2, 0.25) is 0 Å². The lowest BCUT2D eigenvalue weighted by molar-refractivity contribution is -0.124. The molecule has 0 radical (unpaired) electrons. The topological polar surface area (TPSA) is 37.6 Å². The average molecular weight is 319 g/mol. The number of benzene rings is 2. The lowest BCUT2D eigenvalue weighted by Crippen LogP contribution is -2.25. The van der Waals surface area contributed by atoms with Crippen LogP contribution in [0.4, 0.5) is 10.1 Å². The summed E-state index contributed by atoms with van der Waals surface area (Å²) in [7, 11) is 1.77. The summed E-state index contributed by atoms with van der Waals surface area (Å²) < 4.78 is 15.9. The van der Waals surface area contributed by atoms with Crippen LogP contribution in [-0.4, -0.2) is 28.3 Å². The number of amides is 1. The number of amidine groups is 1. The molecule has 4 nitrogen and oxygen atoms in total. The van der Waals surface area contributed by atoms with E-state index < -0.39 is 0 Å². The van der Waals surface area contributed by atoms with Gasteiger partial charge < -0.3 is 9.47 Å². The molecular formula is C19H14FN3O. The number of halogens is 1. The van der Waals surface area contributed by atoms with Gasteiger partial charge in [0.15, 0.2) is 0 Å². The molecule has 3 aromatic rings. The maximum absolute atomic E-state index is 13.8. The molecule has 1 atom stereocenters. The van der Waals surface area contributed by atoms with Crippen molar-refractivity contribution in [1.82, 2.24) is 9.47 Å². The molecule has 118 valence electrons. The van der Waals surface area contributed by atoms with Gasteiger partial charge in [0.1, 0.15) is 11.7 Å². The largest absolute Gasteiger partial charge is 0.311 e. The summed E-state index contributed by atoms with van der Waals surface area (Å²) in [5.41, 5.74) is 3.49. The summed E-state index contributed by atoms with van der Waals surface area (Å²) in [5.74, 6) is 0.437. The molecule has 1 saturated heterocycles. The van der Waals surface area contributed by atoms with Crippen LogP contribution in [0, 0.1) is 5.82 Å². The van der Waals surface area contributed by atoms with Crippen molar-refractivity contribution in [2.45, 2.75) is 12.3 Å². The molecule has 2 aliphatic heterocycles. The number of carbonyl (C=O) groups excluding carboxylic acids is 1. The molecule has 1 amide bonds. The zero-order valence-corrected chi connectivity index (χ0v) is 13.0. The molecule has 0 bridgehead atoms. The van der Waals surface area contributed by atoms with Gasteiger partial charge in [0.05, 0.1) is 22.8 Å². The minimum absolute atomic E-state index is 0.0566. The summed E-state index contributed by atoms with van der Waals surface area (Å²) in [6.07, 6.45) is 0.391. The van der Waals surface area contributed by atoms with E-state index in [-0.39, 0.29) is 17.6 Å². The van der Waals surface area contributed by atoms with Gasteiger partial charge in [0, 0.05) is 24.5 Å². The second-order valence-corrected chi connectivity index (χ2v) is 6.28. The summed E-state index contributed by atoms with van der Waals surface area (Å²) >= 11 is 0. The minimum atomic E-state index is -0.272. The van der Waals surface area contributed by atoms with Crippen LogP contribution in [-0.2, 0) is 4.79 Å². The van der Waals surface area contributed by atoms with Crippen LogP contribution in [0.3, 0.4) is 0 Å². The van der Waals surface area contributed by atoms with E-state index in [0.717, 1.165) is 33.8 Å². The predicted molar refractivity (Wildman–Crippen MR) is 90.5 cm³/mol. The highest BCUT2D eigenvalue weighted by molar-refractivity contribution is 6.10. The third kappa shape index (κ3) is 1.67. The lowest BCUT2D eigenvalue weighted by atomic mass is 10.0. The highest BCUT2D eigenvalue weighted by Crippen LogP contribution is 2.41. The Morgan fingerprint density at radius 3 is 2.88 bits per heavy atom. The quantitative estimate of drug-likeness (QED) is 0.622. The number of hydrogen-bond donors (Lipinski definition) is 0. The molecule has 2 aromatic carbocycles. The molecule has 5 rings (SSSR count). The van der Waals surface area contributed by atoms with E-state index in [9.17, 15) is 9.18 Å². The second-order valence-electron chi connectivity index (χ2n) is 6.28. The Kier molecular flexibility index (Phi) is 2.55. The fraction of sp³-hybridized carbons (Fsp3) is 0.158. The molecule has 0 aliphatic carbocycles. The SMILES string of the molecule is CN1C(=O)CC2C1=Nc1ccccc1-n1c2cc2ccc(F)cc21. The Balaban J connectivity index is 1.92. The number of fused-ring (bicyclic) bond motifs is 7. The van der Waals surface area contributed by atoms with Gasteiger partial charge in [-0.05, 0) is 36.4 Å². The molecule has 1 unspecified atom stereocenters. The van der Waals surface area contributed by atoms with Crippen LogP contribution in [0.5, 0.6) is 0 Å². The first-order chi connectivity index (χ1) is 11.6. The molecule has 2 aliphatic rings. The molecule has 5 heteroatoms. The fourth-order valence-electron chi connectivity index (χ4n) is 3.75. The Morgan fingerprint density at radius 1 is 1.17 bits per heavy atom. The van der Waals surface area contributed by atoms with Gasteiger partial charge in [-0.2, -0.15) is 0 Å². The summed E-state index contributed by atoms with van der Waals surface area (Å²) in [6, 6.07) is 14.6. The Hall–Kier alpha value is -2.95. The Labute approximate surface area is 137 Å². The normalized spacial score (nSPS) is 18.9. The number of likely N-dealkylation sites (N-methyl/N-ethyl adjacent to an activating group) is 1. The van der Waals surface area contributed by atoms with E-state index in [2.05, 4.69) is 0 Å². The number of carbonyl (C=O) groups is 1. The van der Waals surface area contributed by atoms with Crippen LogP contribution in [0.25, 0.3) is 16.6 Å². The number of para-hydroxylation sites is 2. The molecule has 1 aromatic heterocycles. The van der Waals surface area contributed by atoms with Crippen molar-refractivity contribution < 1.29 is 9.18 Å². The number of hydrogen-bond acceptors (Lipinski definition) is 2. The number of nitrogens with zero attached hydrogens (tertiary/aromatic N) is 3. The average Bonchev–Trinajstić information content (AvgIpc) is 3.03. The number of rotatable bonds is 0. The van der Waals surface area contributed by atoms with E-state index in [1.54, 1.807) is 24.1 Å². The van der Waals surface area contributed by atoms with Gasteiger partial charge in [-0.15, -0.1) is 0 Å². The zero-order chi connectivity index (χ0) is 16.4. The van der Waals surface area contributed by atoms with Gasteiger partial charge in [-0.25, -0.2) is 9.38 Å². The molecule has 0 saturated carbocycles. The van der Waals surface area contributed by atoms with Crippen molar-refractivity contribution in [3.05, 3.63) is 60.0 Å². The molecule has 0 N–H and O–H groups in total. The molecule has 1 fully saturated rings. The van der Waals surface area contributed by atoms with E-state index in [4.69, 9.17) is 4.99 Å². The van der Waals surface area contributed by atoms with Crippen molar-refractivity contribution in [2.24, 2.45) is 4.99 Å². The van der Waals surface area contributed by atoms with Gasteiger partial charge in [0.2, 0.25) is 5.91 Å². The van der Waals surface area contributed by atoms with Crippen molar-refractivity contribution in [1.29, 1.82) is 0 Å². The second kappa shape index (κ2) is 4.54. The van der Waals surface area contributed by atoms with E-state index >= 15 is 0 Å². The van der Waals surface area contributed by atoms with Gasteiger partial charge in [-0.1, -0.05) is 12.1 Å². The number of aliphatic imine (C=N–C) groups is 1. The minimum Gasteiger partial charge on any atom is -0.311 e. The van der Waals surface area contributed by atoms with Crippen molar-refractivity contribution >= 4 is 28.3 Å². The van der Waals surface area contributed by atoms with Crippen LogP contribution in [0.15, 0.2) is 53.5 Å². The van der Waals surface area contributed by atoms with Gasteiger partial charge in [-0.3, -0.25) is 4.79 Å². The van der Waals surface area contributed by atoms with Crippen LogP contribution < -0.4 is 0 Å². The monoisotopic (exact) mass is 319 g/mol. The van der Waals surface area contributed by atoms with Crippen LogP contribution in [0.1, 0.15) is 18.0 Å². The van der Waals surface area contributed by atoms with Crippen LogP contribution >= 0.6 is 0 Å². The van der Waals surface area contributed by atoms with E-state index in [1.807, 2.05) is 34.9 Å². The Morgan fingerprint density at radius 2 is 2.00 bits per heavy atom. The molecule has 3 heterocycles. The third-order valence-electron chi connectivity index (χ3n) is 4.92. The van der Waals surface area contributed by atoms with Crippen molar-refractivity contribution in [3.63, 3.8) is 0 Å². The molecule has 24 heavy (non-hydrogen) atoms. The Bertz CT molecular complexity index is 1050. The van der Waals surface area contributed by atoms with E-state index in [0.29, 0.717) is 6.42 Å². The maximum atomic E-state index is 13.8. The maximum Gasteiger partial charge on any atom is 0.228 e. The molecule has 0 spiro atoms. The predicted octanol–water partition coefficient (Wildman–Crippen LogP) is 3.76.